The maximum Gasteiger partial charge on any atom is 0.118 e. The minimum absolute atomic E-state index is 0.212. The van der Waals surface area contributed by atoms with Gasteiger partial charge in [-0.1, -0.05) is 82.2 Å². The zero-order chi connectivity index (χ0) is 27.5. The molecule has 0 amide bonds. The van der Waals surface area contributed by atoms with E-state index in [0.717, 1.165) is 43.8 Å². The molecule has 0 saturated heterocycles. The molecule has 0 aliphatic carbocycles. The average molecular weight is 582 g/mol. The molecule has 4 rings (SSSR count). The maximum absolute atomic E-state index is 6.25. The van der Waals surface area contributed by atoms with Gasteiger partial charge >= 0.3 is 0 Å². The van der Waals surface area contributed by atoms with E-state index in [4.69, 9.17) is 25.4 Å². The van der Waals surface area contributed by atoms with Crippen LogP contribution in [0.2, 0.25) is 0 Å². The molecule has 4 nitrogen and oxygen atoms in total. The highest BCUT2D eigenvalue weighted by Crippen LogP contribution is 2.29. The van der Waals surface area contributed by atoms with E-state index in [1.54, 1.807) is 14.2 Å². The van der Waals surface area contributed by atoms with Crippen LogP contribution in [0.15, 0.2) is 102 Å². The zero-order valence-electron chi connectivity index (χ0n) is 21.9. The summed E-state index contributed by atoms with van der Waals surface area (Å²) in [7, 11) is 3.30. The number of hydrogen-bond acceptors (Lipinski definition) is 4. The van der Waals surface area contributed by atoms with Gasteiger partial charge in [-0.25, -0.2) is 0 Å². The Bertz CT molecular complexity index is 1430. The van der Waals surface area contributed by atoms with Crippen molar-refractivity contribution in [2.24, 2.45) is 0 Å². The van der Waals surface area contributed by atoms with Gasteiger partial charge in [0.25, 0.3) is 0 Å². The fourth-order valence-corrected chi connectivity index (χ4v) is 4.36. The predicted octanol–water partition coefficient (Wildman–Crippen LogP) is 7.36. The third-order valence-electron chi connectivity index (χ3n) is 6.11. The first-order valence-electron chi connectivity index (χ1n) is 12.4. The molecule has 0 fully saturated rings. The second kappa shape index (κ2) is 14.2. The van der Waals surface area contributed by atoms with E-state index in [9.17, 15) is 0 Å². The van der Waals surface area contributed by atoms with Crippen LogP contribution >= 0.6 is 15.9 Å². The Morgan fingerprint density at radius 3 is 1.46 bits per heavy atom. The Hall–Kier alpha value is -4.00. The normalized spacial score (nSPS) is 11.9. The lowest BCUT2D eigenvalue weighted by Gasteiger charge is -2.18. The lowest BCUT2D eigenvalue weighted by atomic mass is 10.00. The lowest BCUT2D eigenvalue weighted by molar-refractivity contribution is 0.108. The van der Waals surface area contributed by atoms with Crippen molar-refractivity contribution in [1.29, 1.82) is 0 Å². The molecule has 0 aliphatic heterocycles. The highest BCUT2D eigenvalue weighted by atomic mass is 79.9. The summed E-state index contributed by atoms with van der Waals surface area (Å²) in [6.45, 7) is 0.484. The van der Waals surface area contributed by atoms with Gasteiger partial charge in [0.05, 0.1) is 14.2 Å². The molecular formula is C34H29BrO4. The summed E-state index contributed by atoms with van der Waals surface area (Å²) in [5.74, 6) is 10.5. The monoisotopic (exact) mass is 580 g/mol. The van der Waals surface area contributed by atoms with Gasteiger partial charge in [0.2, 0.25) is 0 Å². The third-order valence-corrected chi connectivity index (χ3v) is 6.64. The standard InChI is InChI=1S/C34H29BrO4/c1-4-23-38-33(28-13-19-31(36-2)20-14-28)26-9-7-25(8-10-26)6-5-24-39-34(27-11-17-30(35)18-12-27)29-15-21-32(37-3)22-16-29/h1,7-22,33-34H,23-24H2,2-3H3. The highest BCUT2D eigenvalue weighted by Gasteiger charge is 2.16. The van der Waals surface area contributed by atoms with E-state index < -0.39 is 0 Å². The van der Waals surface area contributed by atoms with E-state index in [1.165, 1.54) is 0 Å². The Morgan fingerprint density at radius 1 is 0.615 bits per heavy atom. The molecule has 0 bridgehead atoms. The topological polar surface area (TPSA) is 36.9 Å². The van der Waals surface area contributed by atoms with Crippen LogP contribution in [0.5, 0.6) is 11.5 Å². The van der Waals surface area contributed by atoms with Gasteiger partial charge in [-0.15, -0.1) is 6.42 Å². The van der Waals surface area contributed by atoms with Crippen LogP contribution in [-0.2, 0) is 9.47 Å². The second-order valence-electron chi connectivity index (χ2n) is 8.61. The molecule has 2 unspecified atom stereocenters. The summed E-state index contributed by atoms with van der Waals surface area (Å²) in [5, 5.41) is 0. The molecule has 2 atom stereocenters. The summed E-state index contributed by atoms with van der Waals surface area (Å²) in [5.41, 5.74) is 4.95. The van der Waals surface area contributed by atoms with Crippen molar-refractivity contribution in [2.75, 3.05) is 27.4 Å². The SMILES string of the molecule is C#CCOC(c1ccc(C#CCOC(c2ccc(Br)cc2)c2ccc(OC)cc2)cc1)c1ccc(OC)cc1. The average Bonchev–Trinajstić information content (AvgIpc) is 2.99. The summed E-state index contributed by atoms with van der Waals surface area (Å²) in [6.07, 6.45) is 4.92. The van der Waals surface area contributed by atoms with E-state index in [-0.39, 0.29) is 25.4 Å². The molecule has 0 saturated carbocycles. The van der Waals surface area contributed by atoms with Crippen LogP contribution < -0.4 is 9.47 Å². The number of hydrogen-bond donors (Lipinski definition) is 0. The van der Waals surface area contributed by atoms with Crippen molar-refractivity contribution < 1.29 is 18.9 Å². The van der Waals surface area contributed by atoms with Crippen LogP contribution in [0.1, 0.15) is 40.0 Å². The maximum atomic E-state index is 6.25. The van der Waals surface area contributed by atoms with Gasteiger partial charge in [-0.3, -0.25) is 0 Å². The number of methoxy groups -OCH3 is 2. The summed E-state index contributed by atoms with van der Waals surface area (Å²) < 4.78 is 23.8. The molecule has 39 heavy (non-hydrogen) atoms. The fourth-order valence-electron chi connectivity index (χ4n) is 4.10. The quantitative estimate of drug-likeness (QED) is 0.184. The van der Waals surface area contributed by atoms with E-state index in [2.05, 4.69) is 33.7 Å². The number of rotatable bonds is 10. The third kappa shape index (κ3) is 7.76. The second-order valence-corrected chi connectivity index (χ2v) is 9.52. The van der Waals surface area contributed by atoms with Crippen molar-refractivity contribution in [2.45, 2.75) is 12.2 Å². The first kappa shape index (κ1) is 28.0. The van der Waals surface area contributed by atoms with Crippen molar-refractivity contribution in [3.63, 3.8) is 0 Å². The van der Waals surface area contributed by atoms with Crippen LogP contribution in [0.3, 0.4) is 0 Å². The summed E-state index contributed by atoms with van der Waals surface area (Å²) in [4.78, 5) is 0. The van der Waals surface area contributed by atoms with Gasteiger partial charge < -0.3 is 18.9 Å². The first-order chi connectivity index (χ1) is 19.1. The van der Waals surface area contributed by atoms with Gasteiger partial charge in [-0.05, 0) is 70.8 Å². The smallest absolute Gasteiger partial charge is 0.118 e. The Balaban J connectivity index is 1.46. The number of ether oxygens (including phenoxy) is 4. The number of benzene rings is 4. The van der Waals surface area contributed by atoms with Crippen LogP contribution in [0.25, 0.3) is 0 Å². The molecular weight excluding hydrogens is 552 g/mol. The van der Waals surface area contributed by atoms with Gasteiger partial charge in [0, 0.05) is 10.0 Å². The fraction of sp³-hybridized carbons (Fsp3) is 0.176. The van der Waals surface area contributed by atoms with Crippen LogP contribution in [0, 0.1) is 24.2 Å². The molecule has 4 aromatic rings. The van der Waals surface area contributed by atoms with Crippen LogP contribution in [0.4, 0.5) is 0 Å². The minimum atomic E-state index is -0.284. The molecule has 0 spiro atoms. The predicted molar refractivity (Wildman–Crippen MR) is 158 cm³/mol. The molecule has 4 aromatic carbocycles. The van der Waals surface area contributed by atoms with Gasteiger partial charge in [-0.2, -0.15) is 0 Å². The van der Waals surface area contributed by atoms with Crippen LogP contribution in [-0.4, -0.2) is 27.4 Å². The molecule has 0 N–H and O–H groups in total. The molecule has 0 heterocycles. The Labute approximate surface area is 239 Å². The molecule has 5 heteroatoms. The molecule has 0 aromatic heterocycles. The molecule has 0 aliphatic rings. The zero-order valence-corrected chi connectivity index (χ0v) is 23.5. The summed E-state index contributed by atoms with van der Waals surface area (Å²) in [6, 6.07) is 31.8. The Kier molecular flexibility index (Phi) is 10.2. The van der Waals surface area contributed by atoms with E-state index in [0.29, 0.717) is 0 Å². The van der Waals surface area contributed by atoms with Crippen molar-refractivity contribution in [3.05, 3.63) is 129 Å². The number of halogens is 1. The van der Waals surface area contributed by atoms with E-state index in [1.807, 2.05) is 97.1 Å². The Morgan fingerprint density at radius 2 is 1.03 bits per heavy atom. The van der Waals surface area contributed by atoms with Crippen molar-refractivity contribution in [3.8, 4) is 35.7 Å². The first-order valence-corrected chi connectivity index (χ1v) is 13.2. The van der Waals surface area contributed by atoms with Gasteiger partial charge in [0.15, 0.2) is 0 Å². The lowest BCUT2D eigenvalue weighted by Crippen LogP contribution is -2.07. The largest absolute Gasteiger partial charge is 0.497 e. The summed E-state index contributed by atoms with van der Waals surface area (Å²) >= 11 is 3.50. The number of terminal acetylenes is 1. The molecule has 196 valence electrons. The minimum Gasteiger partial charge on any atom is -0.497 e. The van der Waals surface area contributed by atoms with Crippen molar-refractivity contribution >= 4 is 15.9 Å². The van der Waals surface area contributed by atoms with Crippen molar-refractivity contribution in [1.82, 2.24) is 0 Å². The van der Waals surface area contributed by atoms with E-state index >= 15 is 0 Å². The van der Waals surface area contributed by atoms with Gasteiger partial charge in [0.1, 0.15) is 36.9 Å². The molecule has 0 radical (unpaired) electrons. The highest BCUT2D eigenvalue weighted by molar-refractivity contribution is 9.10.